The molecule has 2 N–H and O–H groups in total. The Bertz CT molecular complexity index is 1320. The second-order valence-corrected chi connectivity index (χ2v) is 9.47. The van der Waals surface area contributed by atoms with Gasteiger partial charge in [-0.15, -0.1) is 0 Å². The zero-order valence-electron chi connectivity index (χ0n) is 18.2. The van der Waals surface area contributed by atoms with Crippen LogP contribution in [0, 0.1) is 0 Å². The van der Waals surface area contributed by atoms with E-state index < -0.39 is 0 Å². The molecule has 5 heterocycles. The molecular weight excluding hydrogens is 436 g/mol. The topological polar surface area (TPSA) is 78.8 Å². The Balaban J connectivity index is 1.23. The number of para-hydroxylation sites is 1. The van der Waals surface area contributed by atoms with E-state index in [4.69, 9.17) is 16.7 Å². The van der Waals surface area contributed by atoms with Gasteiger partial charge in [-0.1, -0.05) is 29.8 Å². The molecule has 168 valence electrons. The lowest BCUT2D eigenvalue weighted by atomic mass is 9.70. The van der Waals surface area contributed by atoms with Crippen molar-refractivity contribution in [3.63, 3.8) is 0 Å². The first-order chi connectivity index (χ1) is 16.1. The Morgan fingerprint density at radius 1 is 1.09 bits per heavy atom. The van der Waals surface area contributed by atoms with Crippen molar-refractivity contribution in [1.29, 1.82) is 0 Å². The number of aromatic nitrogens is 4. The fourth-order valence-corrected chi connectivity index (χ4v) is 5.53. The number of benzene rings is 1. The molecule has 0 unspecified atom stereocenters. The number of carbonyl (C=O) groups excluding carboxylic acids is 1. The van der Waals surface area contributed by atoms with Gasteiger partial charge >= 0.3 is 6.03 Å². The number of aryl methyl sites for hydroxylation is 1. The van der Waals surface area contributed by atoms with E-state index in [1.165, 1.54) is 5.69 Å². The number of fused-ring (bicyclic) bond motifs is 3. The summed E-state index contributed by atoms with van der Waals surface area (Å²) in [7, 11) is 0. The molecule has 0 saturated carbocycles. The summed E-state index contributed by atoms with van der Waals surface area (Å²) in [4.78, 5) is 22.3. The molecule has 8 heteroatoms. The van der Waals surface area contributed by atoms with E-state index in [1.807, 2.05) is 41.4 Å². The van der Waals surface area contributed by atoms with Gasteiger partial charge in [0.1, 0.15) is 5.65 Å². The van der Waals surface area contributed by atoms with Crippen LogP contribution >= 0.6 is 11.6 Å². The third-order valence-electron chi connectivity index (χ3n) is 7.16. The number of aromatic amines is 1. The van der Waals surface area contributed by atoms with Crippen LogP contribution in [-0.4, -0.2) is 43.8 Å². The van der Waals surface area contributed by atoms with Gasteiger partial charge in [0, 0.05) is 59.8 Å². The number of urea groups is 1. The number of carbonyl (C=O) groups is 1. The van der Waals surface area contributed by atoms with Crippen LogP contribution in [0.4, 0.5) is 10.5 Å². The largest absolute Gasteiger partial charge is 0.345 e. The molecule has 0 atom stereocenters. The lowest BCUT2D eigenvalue weighted by molar-refractivity contribution is 0.146. The molecule has 1 fully saturated rings. The Hall–Kier alpha value is -3.32. The summed E-state index contributed by atoms with van der Waals surface area (Å²) in [6.07, 6.45) is 7.74. The van der Waals surface area contributed by atoms with Crippen molar-refractivity contribution >= 4 is 34.4 Å². The second-order valence-electron chi connectivity index (χ2n) is 9.06. The van der Waals surface area contributed by atoms with Crippen molar-refractivity contribution in [2.75, 3.05) is 18.4 Å². The highest BCUT2D eigenvalue weighted by molar-refractivity contribution is 6.35. The maximum atomic E-state index is 12.8. The number of hydrogen-bond donors (Lipinski definition) is 2. The number of H-pyrrole nitrogens is 1. The zero-order chi connectivity index (χ0) is 22.4. The molecule has 1 aromatic carbocycles. The Morgan fingerprint density at radius 2 is 1.91 bits per heavy atom. The van der Waals surface area contributed by atoms with Gasteiger partial charge in [-0.25, -0.2) is 9.78 Å². The number of pyridine rings is 1. The fourth-order valence-electron chi connectivity index (χ4n) is 5.33. The zero-order valence-corrected chi connectivity index (χ0v) is 19.0. The number of nitrogens with zero attached hydrogens (tertiary/aromatic N) is 4. The number of likely N-dealkylation sites (tertiary alicyclic amines) is 1. The van der Waals surface area contributed by atoms with Crippen LogP contribution in [0.2, 0.25) is 5.02 Å². The molecule has 7 nitrogen and oxygen atoms in total. The summed E-state index contributed by atoms with van der Waals surface area (Å²) < 4.78 is 2.17. The molecule has 33 heavy (non-hydrogen) atoms. The quantitative estimate of drug-likeness (QED) is 0.418. The molecule has 0 bridgehead atoms. The van der Waals surface area contributed by atoms with Gasteiger partial charge < -0.3 is 15.2 Å². The molecule has 3 aromatic heterocycles. The lowest BCUT2D eigenvalue weighted by Gasteiger charge is -2.44. The highest BCUT2D eigenvalue weighted by Gasteiger charge is 2.41. The molecule has 1 saturated heterocycles. The molecule has 0 radical (unpaired) electrons. The monoisotopic (exact) mass is 460 g/mol. The molecule has 1 spiro atoms. The normalized spacial score (nSPS) is 17.3. The highest BCUT2D eigenvalue weighted by Crippen LogP contribution is 2.44. The molecule has 2 aliphatic heterocycles. The van der Waals surface area contributed by atoms with E-state index in [9.17, 15) is 4.79 Å². The van der Waals surface area contributed by atoms with Gasteiger partial charge in [-0.3, -0.25) is 4.68 Å². The van der Waals surface area contributed by atoms with Crippen molar-refractivity contribution in [1.82, 2.24) is 24.6 Å². The van der Waals surface area contributed by atoms with Crippen LogP contribution in [0.5, 0.6) is 0 Å². The van der Waals surface area contributed by atoms with E-state index in [2.05, 4.69) is 32.1 Å². The van der Waals surface area contributed by atoms with Crippen LogP contribution in [0.25, 0.3) is 22.3 Å². The molecule has 0 aliphatic carbocycles. The van der Waals surface area contributed by atoms with E-state index in [0.29, 0.717) is 5.02 Å². The second kappa shape index (κ2) is 7.92. The first-order valence-corrected chi connectivity index (χ1v) is 11.8. The lowest BCUT2D eigenvalue weighted by Crippen LogP contribution is -2.48. The minimum Gasteiger partial charge on any atom is -0.345 e. The summed E-state index contributed by atoms with van der Waals surface area (Å²) in [6.45, 7) is 2.41. The average molecular weight is 461 g/mol. The van der Waals surface area contributed by atoms with Gasteiger partial charge in [0.05, 0.1) is 10.7 Å². The summed E-state index contributed by atoms with van der Waals surface area (Å²) in [5.41, 5.74) is 4.87. The maximum absolute atomic E-state index is 12.8. The SMILES string of the molecule is O=C(Nc1ccccc1)N1CCC2(CCCn3nc(-c4cnc5[nH]cc(Cl)c5c4)cc32)CC1. The summed E-state index contributed by atoms with van der Waals surface area (Å²) in [5, 5.41) is 9.52. The van der Waals surface area contributed by atoms with Crippen molar-refractivity contribution in [2.45, 2.75) is 37.6 Å². The van der Waals surface area contributed by atoms with Crippen molar-refractivity contribution in [3.8, 4) is 11.3 Å². The highest BCUT2D eigenvalue weighted by atomic mass is 35.5. The Labute approximate surface area is 196 Å². The first-order valence-electron chi connectivity index (χ1n) is 11.4. The minimum atomic E-state index is -0.0242. The predicted molar refractivity (Wildman–Crippen MR) is 130 cm³/mol. The van der Waals surface area contributed by atoms with Crippen molar-refractivity contribution in [3.05, 3.63) is 65.6 Å². The van der Waals surface area contributed by atoms with E-state index in [-0.39, 0.29) is 11.4 Å². The Morgan fingerprint density at radius 3 is 2.73 bits per heavy atom. The van der Waals surface area contributed by atoms with Crippen LogP contribution in [-0.2, 0) is 12.0 Å². The molecule has 2 aliphatic rings. The summed E-state index contributed by atoms with van der Waals surface area (Å²) in [5.74, 6) is 0. The third-order valence-corrected chi connectivity index (χ3v) is 7.47. The van der Waals surface area contributed by atoms with Gasteiger partial charge in [-0.2, -0.15) is 5.10 Å². The van der Waals surface area contributed by atoms with Gasteiger partial charge in [0.25, 0.3) is 0 Å². The number of halogens is 1. The first kappa shape index (κ1) is 20.3. The molecule has 4 aromatic rings. The summed E-state index contributed by atoms with van der Waals surface area (Å²) in [6, 6.07) is 13.9. The number of piperidine rings is 1. The van der Waals surface area contributed by atoms with Gasteiger partial charge in [-0.05, 0) is 49.9 Å². The number of amides is 2. The standard InChI is InChI=1S/C25H25ClN6O/c26-20-16-28-23-19(20)13-17(15-27-23)21-14-22-25(7-4-10-32(22)30-21)8-11-31(12-9-25)24(33)29-18-5-2-1-3-6-18/h1-3,5-6,13-16H,4,7-12H2,(H,27,28)(H,29,33). The average Bonchev–Trinajstić information content (AvgIpc) is 3.45. The fraction of sp³-hybridized carbons (Fsp3) is 0.320. The Kier molecular flexibility index (Phi) is 4.87. The smallest absolute Gasteiger partial charge is 0.321 e. The van der Waals surface area contributed by atoms with E-state index in [0.717, 1.165) is 73.3 Å². The van der Waals surface area contributed by atoms with Crippen molar-refractivity contribution in [2.24, 2.45) is 0 Å². The maximum Gasteiger partial charge on any atom is 0.321 e. The third kappa shape index (κ3) is 3.56. The molecule has 2 amide bonds. The van der Waals surface area contributed by atoms with Crippen LogP contribution in [0.1, 0.15) is 31.4 Å². The van der Waals surface area contributed by atoms with Crippen LogP contribution in [0.15, 0.2) is 54.9 Å². The summed E-state index contributed by atoms with van der Waals surface area (Å²) >= 11 is 6.31. The van der Waals surface area contributed by atoms with Crippen LogP contribution in [0.3, 0.4) is 0 Å². The number of hydrogen-bond acceptors (Lipinski definition) is 3. The number of nitrogens with one attached hydrogen (secondary N) is 2. The number of rotatable bonds is 2. The molecular formula is C25H25ClN6O. The molecule has 6 rings (SSSR count). The minimum absolute atomic E-state index is 0.0242. The van der Waals surface area contributed by atoms with E-state index >= 15 is 0 Å². The van der Waals surface area contributed by atoms with Crippen molar-refractivity contribution < 1.29 is 4.79 Å². The van der Waals surface area contributed by atoms with Crippen LogP contribution < -0.4 is 5.32 Å². The predicted octanol–water partition coefficient (Wildman–Crippen LogP) is 5.44. The van der Waals surface area contributed by atoms with Gasteiger partial charge in [0.2, 0.25) is 0 Å². The number of anilines is 1. The van der Waals surface area contributed by atoms with Gasteiger partial charge in [0.15, 0.2) is 0 Å². The van der Waals surface area contributed by atoms with E-state index in [1.54, 1.807) is 6.20 Å².